The number of allylic oxidation sites excluding steroid dienone is 3. The van der Waals surface area contributed by atoms with Gasteiger partial charge in [-0.2, -0.15) is 0 Å². The van der Waals surface area contributed by atoms with Gasteiger partial charge in [-0.1, -0.05) is 54.1 Å². The van der Waals surface area contributed by atoms with Crippen molar-refractivity contribution in [1.29, 1.82) is 0 Å². The number of alkyl halides is 1. The minimum absolute atomic E-state index is 0. The van der Waals surface area contributed by atoms with Gasteiger partial charge in [-0.3, -0.25) is 20.1 Å². The molecular weight excluding hydrogens is 425 g/mol. The lowest BCUT2D eigenvalue weighted by Gasteiger charge is -2.14. The second-order valence-electron chi connectivity index (χ2n) is 5.84. The lowest BCUT2D eigenvalue weighted by atomic mass is 10.2. The van der Waals surface area contributed by atoms with Crippen LogP contribution in [0.5, 0.6) is 0 Å². The number of pyridine rings is 1. The molecule has 0 spiro atoms. The highest BCUT2D eigenvalue weighted by Crippen LogP contribution is 2.05. The van der Waals surface area contributed by atoms with Crippen LogP contribution in [0, 0.1) is 0 Å². The van der Waals surface area contributed by atoms with Gasteiger partial charge in [0.1, 0.15) is 11.9 Å². The second kappa shape index (κ2) is 21.5. The summed E-state index contributed by atoms with van der Waals surface area (Å²) in [6.45, 7) is 11.0. The Labute approximate surface area is 191 Å². The Morgan fingerprint density at radius 3 is 2.07 bits per heavy atom. The van der Waals surface area contributed by atoms with E-state index in [-0.39, 0.29) is 24.6 Å². The zero-order chi connectivity index (χ0) is 22.7. The van der Waals surface area contributed by atoms with Crippen LogP contribution in [0.4, 0.5) is 4.39 Å². The fourth-order valence-corrected chi connectivity index (χ4v) is 1.45. The molecule has 30 heavy (non-hydrogen) atoms. The number of hydroxylamine groups is 2. The van der Waals surface area contributed by atoms with E-state index in [4.69, 9.17) is 0 Å². The normalized spacial score (nSPS) is 9.33. The van der Waals surface area contributed by atoms with Gasteiger partial charge in [0.05, 0.1) is 6.54 Å². The summed E-state index contributed by atoms with van der Waals surface area (Å²) in [4.78, 5) is 15.7. The predicted molar refractivity (Wildman–Crippen MR) is 129 cm³/mol. The summed E-state index contributed by atoms with van der Waals surface area (Å²) in [7, 11) is 0. The van der Waals surface area contributed by atoms with Crippen LogP contribution in [0.25, 0.3) is 0 Å². The van der Waals surface area contributed by atoms with E-state index in [1.54, 1.807) is 18.2 Å². The summed E-state index contributed by atoms with van der Waals surface area (Å²) in [5.41, 5.74) is 2.47. The first-order valence-corrected chi connectivity index (χ1v) is 9.41. The Hall–Kier alpha value is -2.19. The van der Waals surface area contributed by atoms with E-state index in [1.165, 1.54) is 24.8 Å². The van der Waals surface area contributed by atoms with Crippen LogP contribution in [0.15, 0.2) is 79.0 Å². The van der Waals surface area contributed by atoms with Crippen molar-refractivity contribution in [2.75, 3.05) is 0 Å². The van der Waals surface area contributed by atoms with E-state index >= 15 is 0 Å². The molecule has 0 aliphatic carbocycles. The number of nitrogens with two attached hydrogens (primary N) is 1. The molecule has 168 valence electrons. The van der Waals surface area contributed by atoms with Gasteiger partial charge in [-0.15, -0.1) is 31.8 Å². The van der Waals surface area contributed by atoms with Crippen LogP contribution >= 0.6 is 25.2 Å². The molecular formula is C22H33ClFN3O2S. The molecule has 0 saturated carbocycles. The van der Waals surface area contributed by atoms with Gasteiger partial charge in [0.2, 0.25) is 0 Å². The number of nitrogens with zero attached hydrogens (tertiary/aromatic N) is 2. The molecule has 2 rings (SSSR count). The molecule has 0 radical (unpaired) electrons. The zero-order valence-corrected chi connectivity index (χ0v) is 19.6. The number of hydrogen-bond acceptors (Lipinski definition) is 5. The number of hydrogen-bond donors (Lipinski definition) is 3. The van der Waals surface area contributed by atoms with Crippen molar-refractivity contribution in [2.24, 2.45) is 5.14 Å². The number of thiol groups is 1. The van der Waals surface area contributed by atoms with Crippen molar-refractivity contribution in [2.45, 2.75) is 40.4 Å². The largest absolute Gasteiger partial charge is 0.296 e. The summed E-state index contributed by atoms with van der Waals surface area (Å²) < 4.78 is 11.3. The molecule has 1 unspecified atom stereocenters. The first-order valence-electron chi connectivity index (χ1n) is 8.89. The molecule has 0 saturated heterocycles. The number of amides is 1. The Bertz CT molecular complexity index is 698. The number of halogens is 2. The van der Waals surface area contributed by atoms with Crippen molar-refractivity contribution in [3.63, 3.8) is 0 Å². The van der Waals surface area contributed by atoms with E-state index in [9.17, 15) is 14.4 Å². The Morgan fingerprint density at radius 1 is 1.23 bits per heavy atom. The Balaban J connectivity index is -0.000000470. The van der Waals surface area contributed by atoms with Crippen molar-refractivity contribution in [3.05, 3.63) is 90.3 Å². The molecule has 8 heteroatoms. The lowest BCUT2D eigenvalue weighted by Crippen LogP contribution is -2.27. The molecule has 2 aromatic rings. The standard InChI is InChI=1S/C13H12N2O2.C5H10.C4H7F.ClH.H3NS/c16-13(12-8-4-5-9-14-12)15(17)10-11-6-2-1-3-7-11;1-4-5(2)3;1-3-4(2)5;;1-2/h1-9,17H,10H2;4H,1-3H3;3-4H,1H2,2H3;1H;2H,1H2. The minimum Gasteiger partial charge on any atom is -0.285 e. The highest BCUT2D eigenvalue weighted by atomic mass is 35.5. The third-order valence-corrected chi connectivity index (χ3v) is 3.20. The van der Waals surface area contributed by atoms with Crippen LogP contribution < -0.4 is 5.14 Å². The van der Waals surface area contributed by atoms with Crippen LogP contribution in [-0.4, -0.2) is 27.3 Å². The van der Waals surface area contributed by atoms with Gasteiger partial charge in [0.25, 0.3) is 5.91 Å². The van der Waals surface area contributed by atoms with Gasteiger partial charge < -0.3 is 0 Å². The minimum atomic E-state index is -0.852. The molecule has 5 nitrogen and oxygen atoms in total. The van der Waals surface area contributed by atoms with E-state index in [2.05, 4.69) is 49.4 Å². The molecule has 1 amide bonds. The molecule has 0 aliphatic heterocycles. The maximum atomic E-state index is 11.8. The quantitative estimate of drug-likeness (QED) is 0.233. The van der Waals surface area contributed by atoms with E-state index in [1.807, 2.05) is 37.3 Å². The number of carbonyl (C=O) groups excluding carboxylic acids is 1. The first-order chi connectivity index (χ1) is 13.8. The highest BCUT2D eigenvalue weighted by molar-refractivity contribution is 7.77. The second-order valence-corrected chi connectivity index (χ2v) is 5.84. The van der Waals surface area contributed by atoms with Crippen molar-refractivity contribution >= 4 is 31.1 Å². The number of benzene rings is 1. The zero-order valence-electron chi connectivity index (χ0n) is 17.9. The Morgan fingerprint density at radius 2 is 1.70 bits per heavy atom. The van der Waals surface area contributed by atoms with Crippen molar-refractivity contribution in [3.8, 4) is 0 Å². The van der Waals surface area contributed by atoms with Gasteiger partial charge in [0, 0.05) is 6.20 Å². The van der Waals surface area contributed by atoms with Crippen LogP contribution in [0.2, 0.25) is 0 Å². The Kier molecular flexibility index (Phi) is 23.3. The average Bonchev–Trinajstić information content (AvgIpc) is 2.76. The molecule has 0 fully saturated rings. The topological polar surface area (TPSA) is 79.5 Å². The molecule has 1 heterocycles. The van der Waals surface area contributed by atoms with E-state index < -0.39 is 12.1 Å². The third kappa shape index (κ3) is 17.9. The monoisotopic (exact) mass is 457 g/mol. The molecule has 3 N–H and O–H groups in total. The summed E-state index contributed by atoms with van der Waals surface area (Å²) >= 11 is 3.03. The van der Waals surface area contributed by atoms with Gasteiger partial charge in [-0.05, 0) is 45.4 Å². The summed E-state index contributed by atoms with van der Waals surface area (Å²) in [5, 5.41) is 14.5. The van der Waals surface area contributed by atoms with Gasteiger partial charge in [0.15, 0.2) is 0 Å². The summed E-state index contributed by atoms with van der Waals surface area (Å²) in [6, 6.07) is 14.3. The SMILES string of the molecule is C=CC(C)F.CC=C(C)C.Cl.NS.O=C(c1ccccn1)N(O)Cc1ccccc1. The number of rotatable bonds is 4. The molecule has 1 atom stereocenters. The van der Waals surface area contributed by atoms with Crippen LogP contribution in [0.3, 0.4) is 0 Å². The average molecular weight is 458 g/mol. The molecule has 1 aromatic carbocycles. The number of aromatic nitrogens is 1. The predicted octanol–water partition coefficient (Wildman–Crippen LogP) is 5.83. The molecule has 0 bridgehead atoms. The lowest BCUT2D eigenvalue weighted by molar-refractivity contribution is -0.0652. The summed E-state index contributed by atoms with van der Waals surface area (Å²) in [5.74, 6) is -0.505. The van der Waals surface area contributed by atoms with E-state index in [0.29, 0.717) is 5.06 Å². The van der Waals surface area contributed by atoms with Gasteiger partial charge in [-0.25, -0.2) is 9.45 Å². The van der Waals surface area contributed by atoms with Gasteiger partial charge >= 0.3 is 0 Å². The third-order valence-electron chi connectivity index (χ3n) is 3.20. The molecule has 1 aromatic heterocycles. The maximum Gasteiger partial charge on any atom is 0.296 e. The highest BCUT2D eigenvalue weighted by Gasteiger charge is 2.14. The number of carbonyl (C=O) groups is 1. The van der Waals surface area contributed by atoms with Crippen molar-refractivity contribution < 1.29 is 14.4 Å². The molecule has 0 aliphatic rings. The van der Waals surface area contributed by atoms with Crippen molar-refractivity contribution in [1.82, 2.24) is 10.0 Å². The smallest absolute Gasteiger partial charge is 0.285 e. The summed E-state index contributed by atoms with van der Waals surface area (Å²) in [6.07, 6.45) is 4.00. The maximum absolute atomic E-state index is 11.8. The van der Waals surface area contributed by atoms with Crippen LogP contribution in [0.1, 0.15) is 43.7 Å². The van der Waals surface area contributed by atoms with E-state index in [0.717, 1.165) is 5.56 Å². The van der Waals surface area contributed by atoms with Crippen LogP contribution in [-0.2, 0) is 6.54 Å². The first kappa shape index (κ1) is 32.5. The fourth-order valence-electron chi connectivity index (χ4n) is 1.45. The fraction of sp³-hybridized carbons (Fsp3) is 0.273.